The molecule has 0 aromatic heterocycles. The Morgan fingerprint density at radius 3 is 2.17 bits per heavy atom. The highest BCUT2D eigenvalue weighted by molar-refractivity contribution is 7.92. The summed E-state index contributed by atoms with van der Waals surface area (Å²) in [6, 6.07) is 19.9. The SMILES string of the molecule is Cc1ccc(S(=O)(=O)N2CC(=O)N(C)c3ccccc3-c3cc(C)ccc32)cc1. The molecule has 1 aliphatic heterocycles. The van der Waals surface area contributed by atoms with E-state index in [0.29, 0.717) is 5.69 Å². The first kappa shape index (κ1) is 19.2. The molecule has 0 bridgehead atoms. The van der Waals surface area contributed by atoms with Gasteiger partial charge in [0.2, 0.25) is 5.91 Å². The van der Waals surface area contributed by atoms with Crippen molar-refractivity contribution < 1.29 is 13.2 Å². The number of rotatable bonds is 2. The maximum absolute atomic E-state index is 13.5. The fourth-order valence-corrected chi connectivity index (χ4v) is 5.01. The van der Waals surface area contributed by atoms with Gasteiger partial charge in [-0.3, -0.25) is 9.10 Å². The number of nitrogens with zero attached hydrogens (tertiary/aromatic N) is 2. The van der Waals surface area contributed by atoms with Crippen molar-refractivity contribution in [3.05, 3.63) is 77.9 Å². The molecule has 29 heavy (non-hydrogen) atoms. The molecule has 0 saturated heterocycles. The second kappa shape index (κ2) is 7.04. The second-order valence-corrected chi connectivity index (χ2v) is 9.18. The third-order valence-electron chi connectivity index (χ3n) is 5.24. The lowest BCUT2D eigenvalue weighted by atomic mass is 9.98. The van der Waals surface area contributed by atoms with Crippen LogP contribution in [0.1, 0.15) is 11.1 Å². The van der Waals surface area contributed by atoms with Gasteiger partial charge in [0.25, 0.3) is 10.0 Å². The maximum Gasteiger partial charge on any atom is 0.264 e. The van der Waals surface area contributed by atoms with Gasteiger partial charge in [-0.2, -0.15) is 0 Å². The van der Waals surface area contributed by atoms with Gasteiger partial charge >= 0.3 is 0 Å². The Balaban J connectivity index is 1.99. The van der Waals surface area contributed by atoms with Crippen LogP contribution in [0.5, 0.6) is 0 Å². The standard InChI is InChI=1S/C23H22N2O3S/c1-16-8-11-18(12-9-16)29(27,28)25-15-23(26)24(3)21-7-5-4-6-19(21)20-14-17(2)10-13-22(20)25/h4-14H,15H2,1-3H3. The van der Waals surface area contributed by atoms with E-state index in [1.807, 2.05) is 50.2 Å². The number of anilines is 2. The molecule has 0 radical (unpaired) electrons. The Bertz CT molecular complexity index is 1200. The van der Waals surface area contributed by atoms with Crippen molar-refractivity contribution in [2.24, 2.45) is 0 Å². The Morgan fingerprint density at radius 2 is 1.45 bits per heavy atom. The van der Waals surface area contributed by atoms with Gasteiger partial charge in [-0.25, -0.2) is 8.42 Å². The minimum absolute atomic E-state index is 0.166. The molecule has 0 saturated carbocycles. The number of carbonyl (C=O) groups excluding carboxylic acids is 1. The molecule has 0 N–H and O–H groups in total. The highest BCUT2D eigenvalue weighted by atomic mass is 32.2. The molecule has 1 amide bonds. The number of sulfonamides is 1. The van der Waals surface area contributed by atoms with Gasteiger partial charge in [0, 0.05) is 18.2 Å². The van der Waals surface area contributed by atoms with E-state index in [4.69, 9.17) is 0 Å². The summed E-state index contributed by atoms with van der Waals surface area (Å²) in [5.41, 5.74) is 4.86. The van der Waals surface area contributed by atoms with Crippen LogP contribution in [0.3, 0.4) is 0 Å². The summed E-state index contributed by atoms with van der Waals surface area (Å²) in [6.07, 6.45) is 0. The van der Waals surface area contributed by atoms with Gasteiger partial charge in [0.15, 0.2) is 0 Å². The minimum atomic E-state index is -3.92. The summed E-state index contributed by atoms with van der Waals surface area (Å²) in [7, 11) is -2.24. The van der Waals surface area contributed by atoms with Crippen LogP contribution in [0, 0.1) is 13.8 Å². The van der Waals surface area contributed by atoms with E-state index in [2.05, 4.69) is 0 Å². The van der Waals surface area contributed by atoms with Gasteiger partial charge < -0.3 is 4.90 Å². The van der Waals surface area contributed by atoms with E-state index in [9.17, 15) is 13.2 Å². The fraction of sp³-hybridized carbons (Fsp3) is 0.174. The zero-order chi connectivity index (χ0) is 20.8. The molecule has 0 fully saturated rings. The predicted octanol–water partition coefficient (Wildman–Crippen LogP) is 4.14. The van der Waals surface area contributed by atoms with Crippen LogP contribution >= 0.6 is 0 Å². The van der Waals surface area contributed by atoms with Crippen LogP contribution in [0.4, 0.5) is 11.4 Å². The molecule has 3 aromatic rings. The van der Waals surface area contributed by atoms with Gasteiger partial charge in [0.1, 0.15) is 6.54 Å². The Labute approximate surface area is 171 Å². The topological polar surface area (TPSA) is 57.7 Å². The van der Waals surface area contributed by atoms with Crippen LogP contribution in [0.15, 0.2) is 71.6 Å². The number of aryl methyl sites for hydroxylation is 2. The molecule has 4 rings (SSSR count). The molecule has 0 aliphatic carbocycles. The average molecular weight is 407 g/mol. The first-order valence-corrected chi connectivity index (χ1v) is 10.8. The largest absolute Gasteiger partial charge is 0.313 e. The summed E-state index contributed by atoms with van der Waals surface area (Å²) in [5, 5.41) is 0. The summed E-state index contributed by atoms with van der Waals surface area (Å²) in [6.45, 7) is 3.60. The van der Waals surface area contributed by atoms with Crippen molar-refractivity contribution in [1.82, 2.24) is 0 Å². The average Bonchev–Trinajstić information content (AvgIpc) is 2.71. The monoisotopic (exact) mass is 406 g/mol. The molecule has 1 aliphatic rings. The molecule has 5 nitrogen and oxygen atoms in total. The molecule has 0 atom stereocenters. The number of benzene rings is 3. The highest BCUT2D eigenvalue weighted by Crippen LogP contribution is 2.41. The summed E-state index contributed by atoms with van der Waals surface area (Å²) < 4.78 is 28.3. The lowest BCUT2D eigenvalue weighted by Crippen LogP contribution is -2.43. The molecule has 6 heteroatoms. The van der Waals surface area contributed by atoms with Crippen molar-refractivity contribution in [2.45, 2.75) is 18.7 Å². The van der Waals surface area contributed by atoms with Crippen molar-refractivity contribution in [1.29, 1.82) is 0 Å². The van der Waals surface area contributed by atoms with Crippen LogP contribution in [0.2, 0.25) is 0 Å². The number of amides is 1. The van der Waals surface area contributed by atoms with Gasteiger partial charge in [-0.1, -0.05) is 47.5 Å². The first-order chi connectivity index (χ1) is 13.8. The van der Waals surface area contributed by atoms with E-state index in [1.54, 1.807) is 37.4 Å². The fourth-order valence-electron chi connectivity index (χ4n) is 3.58. The van der Waals surface area contributed by atoms with Crippen molar-refractivity contribution in [2.75, 3.05) is 22.8 Å². The zero-order valence-corrected chi connectivity index (χ0v) is 17.4. The van der Waals surface area contributed by atoms with Gasteiger partial charge in [0.05, 0.1) is 16.3 Å². The normalized spacial score (nSPS) is 14.1. The maximum atomic E-state index is 13.5. The van der Waals surface area contributed by atoms with Crippen molar-refractivity contribution in [3.63, 3.8) is 0 Å². The lowest BCUT2D eigenvalue weighted by molar-refractivity contribution is -0.116. The predicted molar refractivity (Wildman–Crippen MR) is 116 cm³/mol. The van der Waals surface area contributed by atoms with E-state index in [0.717, 1.165) is 27.9 Å². The summed E-state index contributed by atoms with van der Waals surface area (Å²) >= 11 is 0. The molecule has 0 unspecified atom stereocenters. The molecule has 0 spiro atoms. The van der Waals surface area contributed by atoms with Crippen LogP contribution in [0.25, 0.3) is 11.1 Å². The molecule has 148 valence electrons. The third kappa shape index (κ3) is 3.29. The van der Waals surface area contributed by atoms with Gasteiger partial charge in [-0.15, -0.1) is 0 Å². The minimum Gasteiger partial charge on any atom is -0.313 e. The Kier molecular flexibility index (Phi) is 4.67. The summed E-state index contributed by atoms with van der Waals surface area (Å²) in [4.78, 5) is 14.7. The van der Waals surface area contributed by atoms with Crippen molar-refractivity contribution in [3.8, 4) is 11.1 Å². The zero-order valence-electron chi connectivity index (χ0n) is 16.6. The Hall–Kier alpha value is -3.12. The highest BCUT2D eigenvalue weighted by Gasteiger charge is 2.33. The molecule has 1 heterocycles. The van der Waals surface area contributed by atoms with E-state index < -0.39 is 10.0 Å². The summed E-state index contributed by atoms with van der Waals surface area (Å²) in [5.74, 6) is -0.292. The number of hydrogen-bond acceptors (Lipinski definition) is 3. The number of fused-ring (bicyclic) bond motifs is 3. The number of likely N-dealkylation sites (N-methyl/N-ethyl adjacent to an activating group) is 1. The van der Waals surface area contributed by atoms with Crippen LogP contribution < -0.4 is 9.21 Å². The first-order valence-electron chi connectivity index (χ1n) is 9.35. The van der Waals surface area contributed by atoms with E-state index >= 15 is 0 Å². The lowest BCUT2D eigenvalue weighted by Gasteiger charge is -2.32. The van der Waals surface area contributed by atoms with Gasteiger partial charge in [-0.05, 0) is 44.2 Å². The van der Waals surface area contributed by atoms with Crippen molar-refractivity contribution >= 4 is 27.3 Å². The molecular weight excluding hydrogens is 384 g/mol. The number of hydrogen-bond donors (Lipinski definition) is 0. The quantitative estimate of drug-likeness (QED) is 0.643. The third-order valence-corrected chi connectivity index (χ3v) is 7.01. The second-order valence-electron chi connectivity index (χ2n) is 7.32. The van der Waals surface area contributed by atoms with Crippen LogP contribution in [-0.2, 0) is 14.8 Å². The van der Waals surface area contributed by atoms with E-state index in [1.165, 1.54) is 9.21 Å². The van der Waals surface area contributed by atoms with E-state index in [-0.39, 0.29) is 17.3 Å². The smallest absolute Gasteiger partial charge is 0.264 e. The molecule has 3 aromatic carbocycles. The molecular formula is C23H22N2O3S. The Morgan fingerprint density at radius 1 is 0.793 bits per heavy atom. The number of carbonyl (C=O) groups is 1. The van der Waals surface area contributed by atoms with Crippen LogP contribution in [-0.4, -0.2) is 27.9 Å². The number of para-hydroxylation sites is 1.